The Labute approximate surface area is 213 Å². The van der Waals surface area contributed by atoms with Gasteiger partial charge in [0, 0.05) is 34.9 Å². The number of amides is 2. The van der Waals surface area contributed by atoms with Gasteiger partial charge in [0.2, 0.25) is 0 Å². The molecule has 2 amide bonds. The lowest BCUT2D eigenvalue weighted by molar-refractivity contribution is -0.135. The van der Waals surface area contributed by atoms with Crippen molar-refractivity contribution in [3.8, 4) is 0 Å². The van der Waals surface area contributed by atoms with E-state index in [2.05, 4.69) is 40.0 Å². The molecule has 0 saturated carbocycles. The third-order valence-electron chi connectivity index (χ3n) is 6.92. The maximum absolute atomic E-state index is 13.6. The number of halogens is 1. The molecule has 0 aromatic heterocycles. The van der Waals surface area contributed by atoms with Crippen molar-refractivity contribution in [3.63, 3.8) is 0 Å². The van der Waals surface area contributed by atoms with Crippen molar-refractivity contribution in [2.45, 2.75) is 85.0 Å². The first-order valence-corrected chi connectivity index (χ1v) is 13.7. The minimum atomic E-state index is -0.452. The number of hydrogen-bond donors (Lipinski definition) is 0. The lowest BCUT2D eigenvalue weighted by atomic mass is 9.73. The Balaban J connectivity index is 1.85. The molecule has 1 aromatic carbocycles. The first-order valence-electron chi connectivity index (χ1n) is 12.9. The highest BCUT2D eigenvalue weighted by atomic mass is 79.9. The smallest absolute Gasteiger partial charge is 0.252 e. The molecule has 2 aliphatic rings. The third kappa shape index (κ3) is 6.15. The molecule has 0 fully saturated rings. The fraction of sp³-hybridized carbons (Fsp3) is 0.630. The van der Waals surface area contributed by atoms with Crippen LogP contribution < -0.4 is 0 Å². The van der Waals surface area contributed by atoms with E-state index in [1.807, 2.05) is 38.1 Å². The van der Waals surface area contributed by atoms with E-state index in [9.17, 15) is 9.59 Å². The molecule has 2 aliphatic heterocycles. The first-order chi connectivity index (χ1) is 16.4. The van der Waals surface area contributed by atoms with E-state index in [0.29, 0.717) is 13.1 Å². The van der Waals surface area contributed by atoms with E-state index < -0.39 is 11.8 Å². The van der Waals surface area contributed by atoms with Crippen LogP contribution in [0.2, 0.25) is 0 Å². The summed E-state index contributed by atoms with van der Waals surface area (Å²) in [4.78, 5) is 27.2. The van der Waals surface area contributed by atoms with Gasteiger partial charge in [-0.1, -0.05) is 80.4 Å². The summed E-state index contributed by atoms with van der Waals surface area (Å²) >= 11 is 3.51. The number of hydrazone groups is 2. The maximum atomic E-state index is 13.6. The quantitative estimate of drug-likeness (QED) is 0.278. The van der Waals surface area contributed by atoms with Crippen LogP contribution in [0.25, 0.3) is 0 Å². The SMILES string of the molecule is CCCCCCN1N=C(C)C(C(c2ccc(Br)cc2)C2C(=O)N(CCCCCC)N=C2C)C1=O. The number of benzene rings is 1. The Bertz CT molecular complexity index is 860. The summed E-state index contributed by atoms with van der Waals surface area (Å²) in [6.45, 7) is 9.48. The van der Waals surface area contributed by atoms with Crippen molar-refractivity contribution < 1.29 is 9.59 Å². The molecule has 0 bridgehead atoms. The average Bonchev–Trinajstić information content (AvgIpc) is 3.25. The van der Waals surface area contributed by atoms with Gasteiger partial charge in [0.25, 0.3) is 11.8 Å². The standard InChI is InChI=1S/C27H39BrN4O2/c1-5-7-9-11-17-31-26(33)23(19(3)29-31)25(21-13-15-22(28)16-14-21)24-20(4)30-32(27(24)34)18-12-10-8-6-2/h13-16,23-25H,5-12,17-18H2,1-4H3. The third-order valence-corrected chi connectivity index (χ3v) is 7.45. The second-order valence-corrected chi connectivity index (χ2v) is 10.5. The summed E-state index contributed by atoms with van der Waals surface area (Å²) in [5.74, 6) is -1.22. The molecule has 0 radical (unpaired) electrons. The van der Waals surface area contributed by atoms with Crippen LogP contribution in [-0.4, -0.2) is 46.3 Å². The Hall–Kier alpha value is -2.02. The summed E-state index contributed by atoms with van der Waals surface area (Å²) in [5.41, 5.74) is 2.55. The van der Waals surface area contributed by atoms with Gasteiger partial charge in [-0.25, -0.2) is 10.0 Å². The highest BCUT2D eigenvalue weighted by Gasteiger charge is 2.49. The van der Waals surface area contributed by atoms with E-state index in [1.54, 1.807) is 10.0 Å². The fourth-order valence-electron chi connectivity index (χ4n) is 5.07. The number of rotatable bonds is 13. The number of carbonyl (C=O) groups is 2. The molecular formula is C27H39BrN4O2. The Kier molecular flexibility index (Phi) is 9.86. The molecular weight excluding hydrogens is 492 g/mol. The predicted octanol–water partition coefficient (Wildman–Crippen LogP) is 6.36. The van der Waals surface area contributed by atoms with Crippen molar-refractivity contribution in [2.24, 2.45) is 22.0 Å². The van der Waals surface area contributed by atoms with Crippen LogP contribution in [0.4, 0.5) is 0 Å². The predicted molar refractivity (Wildman–Crippen MR) is 142 cm³/mol. The first kappa shape index (κ1) is 26.6. The minimum Gasteiger partial charge on any atom is -0.272 e. The van der Waals surface area contributed by atoms with Crippen LogP contribution in [0.15, 0.2) is 38.9 Å². The lowest BCUT2D eigenvalue weighted by Crippen LogP contribution is -2.40. The number of carbonyl (C=O) groups excluding carboxylic acids is 2. The average molecular weight is 532 g/mol. The van der Waals surface area contributed by atoms with E-state index in [1.165, 1.54) is 0 Å². The molecule has 2 heterocycles. The van der Waals surface area contributed by atoms with Gasteiger partial charge in [0.15, 0.2) is 0 Å². The fourth-order valence-corrected chi connectivity index (χ4v) is 5.33. The van der Waals surface area contributed by atoms with Gasteiger partial charge < -0.3 is 0 Å². The molecule has 6 nitrogen and oxygen atoms in total. The van der Waals surface area contributed by atoms with Crippen molar-refractivity contribution >= 4 is 39.2 Å². The summed E-state index contributed by atoms with van der Waals surface area (Å²) in [7, 11) is 0. The topological polar surface area (TPSA) is 65.3 Å². The second kappa shape index (κ2) is 12.6. The molecule has 186 valence electrons. The maximum Gasteiger partial charge on any atom is 0.252 e. The van der Waals surface area contributed by atoms with Crippen molar-refractivity contribution in [1.29, 1.82) is 0 Å². The van der Waals surface area contributed by atoms with Gasteiger partial charge in [-0.2, -0.15) is 10.2 Å². The van der Waals surface area contributed by atoms with Crippen LogP contribution in [0.1, 0.15) is 90.5 Å². The molecule has 7 heteroatoms. The molecule has 1 aromatic rings. The van der Waals surface area contributed by atoms with Crippen LogP contribution in [0.5, 0.6) is 0 Å². The van der Waals surface area contributed by atoms with Crippen molar-refractivity contribution in [1.82, 2.24) is 10.0 Å². The van der Waals surface area contributed by atoms with Crippen LogP contribution in [0.3, 0.4) is 0 Å². The summed E-state index contributed by atoms with van der Waals surface area (Å²) < 4.78 is 0.969. The van der Waals surface area contributed by atoms with Crippen molar-refractivity contribution in [3.05, 3.63) is 34.3 Å². The summed E-state index contributed by atoms with van der Waals surface area (Å²) in [5, 5.41) is 12.6. The molecule has 0 N–H and O–H groups in total. The minimum absolute atomic E-state index is 0.00362. The highest BCUT2D eigenvalue weighted by Crippen LogP contribution is 2.41. The molecule has 0 aliphatic carbocycles. The number of unbranched alkanes of at least 4 members (excludes halogenated alkanes) is 6. The molecule has 0 saturated heterocycles. The zero-order valence-corrected chi connectivity index (χ0v) is 22.7. The van der Waals surface area contributed by atoms with E-state index in [0.717, 1.165) is 72.8 Å². The normalized spacial score (nSPS) is 21.3. The van der Waals surface area contributed by atoms with Gasteiger partial charge in [-0.05, 0) is 44.4 Å². The highest BCUT2D eigenvalue weighted by molar-refractivity contribution is 9.10. The Morgan fingerprint density at radius 3 is 1.62 bits per heavy atom. The van der Waals surface area contributed by atoms with Crippen LogP contribution in [-0.2, 0) is 9.59 Å². The summed E-state index contributed by atoms with van der Waals surface area (Å²) in [6, 6.07) is 7.99. The number of nitrogens with zero attached hydrogens (tertiary/aromatic N) is 4. The van der Waals surface area contributed by atoms with Gasteiger partial charge in [-0.15, -0.1) is 0 Å². The van der Waals surface area contributed by atoms with Gasteiger partial charge in [-0.3, -0.25) is 9.59 Å². The lowest BCUT2D eigenvalue weighted by Gasteiger charge is -2.28. The molecule has 3 rings (SSSR count). The Morgan fingerprint density at radius 2 is 1.21 bits per heavy atom. The monoisotopic (exact) mass is 530 g/mol. The van der Waals surface area contributed by atoms with Crippen LogP contribution >= 0.6 is 15.9 Å². The molecule has 2 atom stereocenters. The van der Waals surface area contributed by atoms with E-state index in [4.69, 9.17) is 0 Å². The Morgan fingerprint density at radius 1 is 0.765 bits per heavy atom. The zero-order chi connectivity index (χ0) is 24.7. The second-order valence-electron chi connectivity index (χ2n) is 9.56. The molecule has 34 heavy (non-hydrogen) atoms. The van der Waals surface area contributed by atoms with E-state index in [-0.39, 0.29) is 17.7 Å². The summed E-state index contributed by atoms with van der Waals surface area (Å²) in [6.07, 6.45) is 8.71. The number of hydrogen-bond acceptors (Lipinski definition) is 4. The van der Waals surface area contributed by atoms with E-state index >= 15 is 0 Å². The molecule has 2 unspecified atom stereocenters. The van der Waals surface area contributed by atoms with Crippen LogP contribution in [0, 0.1) is 11.8 Å². The van der Waals surface area contributed by atoms with Gasteiger partial charge in [0.05, 0.1) is 11.8 Å². The van der Waals surface area contributed by atoms with Gasteiger partial charge in [0.1, 0.15) is 0 Å². The molecule has 0 spiro atoms. The van der Waals surface area contributed by atoms with Crippen molar-refractivity contribution in [2.75, 3.05) is 13.1 Å². The van der Waals surface area contributed by atoms with Gasteiger partial charge >= 0.3 is 0 Å². The largest absolute Gasteiger partial charge is 0.272 e. The zero-order valence-electron chi connectivity index (χ0n) is 21.1.